The predicted molar refractivity (Wildman–Crippen MR) is 60.9 cm³/mol. The molecule has 76 valence electrons. The number of anilines is 3. The lowest BCUT2D eigenvalue weighted by atomic mass is 10.2. The first-order valence-electron chi connectivity index (χ1n) is 4.66. The van der Waals surface area contributed by atoms with E-state index in [9.17, 15) is 0 Å². The van der Waals surface area contributed by atoms with Gasteiger partial charge in [-0.2, -0.15) is 0 Å². The summed E-state index contributed by atoms with van der Waals surface area (Å²) in [4.78, 5) is 8.13. The number of rotatable bonds is 2. The van der Waals surface area contributed by atoms with Crippen LogP contribution in [-0.4, -0.2) is 9.97 Å². The molecule has 3 N–H and O–H groups in total. The molecule has 1 heterocycles. The van der Waals surface area contributed by atoms with E-state index >= 15 is 0 Å². The summed E-state index contributed by atoms with van der Waals surface area (Å²) in [6.07, 6.45) is 3.15. The highest BCUT2D eigenvalue weighted by Gasteiger charge is 1.99. The molecule has 0 atom stereocenters. The zero-order chi connectivity index (χ0) is 10.7. The van der Waals surface area contributed by atoms with Gasteiger partial charge in [-0.05, 0) is 18.6 Å². The molecule has 2 aromatic rings. The van der Waals surface area contributed by atoms with E-state index in [1.165, 1.54) is 0 Å². The lowest BCUT2D eigenvalue weighted by molar-refractivity contribution is 1.17. The Balaban J connectivity index is 2.22. The molecule has 0 aliphatic carbocycles. The summed E-state index contributed by atoms with van der Waals surface area (Å²) in [7, 11) is 0. The van der Waals surface area contributed by atoms with Crippen LogP contribution in [-0.2, 0) is 0 Å². The number of hydrogen-bond donors (Lipinski definition) is 2. The summed E-state index contributed by atoms with van der Waals surface area (Å²) in [5.74, 6) is 0.554. The summed E-state index contributed by atoms with van der Waals surface area (Å²) in [6, 6.07) is 7.96. The van der Waals surface area contributed by atoms with Gasteiger partial charge < -0.3 is 11.1 Å². The fraction of sp³-hybridized carbons (Fsp3) is 0.0909. The van der Waals surface area contributed by atoms with E-state index in [-0.39, 0.29) is 0 Å². The zero-order valence-electron chi connectivity index (χ0n) is 8.44. The molecule has 1 aromatic carbocycles. The fourth-order valence-electron chi connectivity index (χ4n) is 1.24. The van der Waals surface area contributed by atoms with Crippen LogP contribution in [0.3, 0.4) is 0 Å². The van der Waals surface area contributed by atoms with E-state index in [1.54, 1.807) is 12.4 Å². The first-order chi connectivity index (χ1) is 7.25. The number of nitrogens with one attached hydrogen (secondary N) is 1. The molecule has 0 unspecified atom stereocenters. The fourth-order valence-corrected chi connectivity index (χ4v) is 1.24. The summed E-state index contributed by atoms with van der Waals surface area (Å²) in [5, 5.41) is 3.12. The number of nitrogens with zero attached hydrogens (tertiary/aromatic N) is 2. The summed E-state index contributed by atoms with van der Waals surface area (Å²) in [6.45, 7) is 2.03. The van der Waals surface area contributed by atoms with Crippen LogP contribution in [0, 0.1) is 6.92 Å². The van der Waals surface area contributed by atoms with Gasteiger partial charge in [0.2, 0.25) is 5.95 Å². The van der Waals surface area contributed by atoms with E-state index in [0.717, 1.165) is 11.3 Å². The molecule has 0 amide bonds. The average molecular weight is 200 g/mol. The molecule has 0 radical (unpaired) electrons. The van der Waals surface area contributed by atoms with Crippen LogP contribution in [0.25, 0.3) is 0 Å². The summed E-state index contributed by atoms with van der Waals surface area (Å²) < 4.78 is 0. The SMILES string of the molecule is Cc1ccccc1Nc1ncc(N)cn1. The zero-order valence-corrected chi connectivity index (χ0v) is 8.44. The predicted octanol–water partition coefficient (Wildman–Crippen LogP) is 2.11. The summed E-state index contributed by atoms with van der Waals surface area (Å²) >= 11 is 0. The number of aromatic nitrogens is 2. The summed E-state index contributed by atoms with van der Waals surface area (Å²) in [5.41, 5.74) is 8.21. The highest BCUT2D eigenvalue weighted by Crippen LogP contribution is 2.16. The number of hydrogen-bond acceptors (Lipinski definition) is 4. The van der Waals surface area contributed by atoms with Crippen molar-refractivity contribution in [3.05, 3.63) is 42.2 Å². The Bertz CT molecular complexity index is 450. The third-order valence-corrected chi connectivity index (χ3v) is 2.06. The number of benzene rings is 1. The van der Waals surface area contributed by atoms with Crippen LogP contribution in [0.1, 0.15) is 5.56 Å². The van der Waals surface area contributed by atoms with Crippen molar-refractivity contribution in [1.29, 1.82) is 0 Å². The van der Waals surface area contributed by atoms with E-state index in [2.05, 4.69) is 15.3 Å². The van der Waals surface area contributed by atoms with Crippen LogP contribution in [0.4, 0.5) is 17.3 Å². The van der Waals surface area contributed by atoms with E-state index in [0.29, 0.717) is 11.6 Å². The Morgan fingerprint density at radius 3 is 2.47 bits per heavy atom. The number of nitrogen functional groups attached to an aromatic ring is 1. The third kappa shape index (κ3) is 2.22. The van der Waals surface area contributed by atoms with Gasteiger partial charge in [0.1, 0.15) is 0 Å². The monoisotopic (exact) mass is 200 g/mol. The maximum Gasteiger partial charge on any atom is 0.227 e. The average Bonchev–Trinajstić information content (AvgIpc) is 2.25. The highest BCUT2D eigenvalue weighted by atomic mass is 15.1. The molecular weight excluding hydrogens is 188 g/mol. The van der Waals surface area contributed by atoms with Gasteiger partial charge in [-0.25, -0.2) is 9.97 Å². The van der Waals surface area contributed by atoms with E-state index < -0.39 is 0 Å². The van der Waals surface area contributed by atoms with Gasteiger partial charge in [0, 0.05) is 5.69 Å². The normalized spacial score (nSPS) is 9.93. The Morgan fingerprint density at radius 2 is 1.80 bits per heavy atom. The van der Waals surface area contributed by atoms with Crippen LogP contribution >= 0.6 is 0 Å². The van der Waals surface area contributed by atoms with Crippen molar-refractivity contribution in [1.82, 2.24) is 9.97 Å². The second-order valence-electron chi connectivity index (χ2n) is 3.28. The molecule has 0 saturated heterocycles. The minimum atomic E-state index is 0.554. The Morgan fingerprint density at radius 1 is 1.13 bits per heavy atom. The highest BCUT2D eigenvalue weighted by molar-refractivity contribution is 5.58. The second-order valence-corrected chi connectivity index (χ2v) is 3.28. The van der Waals surface area contributed by atoms with Crippen molar-refractivity contribution >= 4 is 17.3 Å². The molecule has 0 aliphatic rings. The first kappa shape index (κ1) is 9.45. The molecule has 4 heteroatoms. The third-order valence-electron chi connectivity index (χ3n) is 2.06. The molecule has 0 aliphatic heterocycles. The van der Waals surface area contributed by atoms with Gasteiger partial charge in [0.25, 0.3) is 0 Å². The van der Waals surface area contributed by atoms with E-state index in [4.69, 9.17) is 5.73 Å². The quantitative estimate of drug-likeness (QED) is 0.779. The maximum absolute atomic E-state index is 5.50. The van der Waals surface area contributed by atoms with Crippen LogP contribution in [0.5, 0.6) is 0 Å². The van der Waals surface area contributed by atoms with Crippen molar-refractivity contribution in [2.45, 2.75) is 6.92 Å². The lowest BCUT2D eigenvalue weighted by Crippen LogP contribution is -1.99. The van der Waals surface area contributed by atoms with Crippen LogP contribution < -0.4 is 11.1 Å². The second kappa shape index (κ2) is 3.96. The Kier molecular flexibility index (Phi) is 2.49. The van der Waals surface area contributed by atoms with Gasteiger partial charge >= 0.3 is 0 Å². The van der Waals surface area contributed by atoms with Gasteiger partial charge in [-0.15, -0.1) is 0 Å². The van der Waals surface area contributed by atoms with Crippen LogP contribution in [0.15, 0.2) is 36.7 Å². The number of para-hydroxylation sites is 1. The van der Waals surface area contributed by atoms with Gasteiger partial charge in [0.15, 0.2) is 0 Å². The van der Waals surface area contributed by atoms with Gasteiger partial charge in [-0.1, -0.05) is 18.2 Å². The minimum absolute atomic E-state index is 0.554. The minimum Gasteiger partial charge on any atom is -0.396 e. The standard InChI is InChI=1S/C11H12N4/c1-8-4-2-3-5-10(8)15-11-13-6-9(12)7-14-11/h2-7H,12H2,1H3,(H,13,14,15). The molecular formula is C11H12N4. The van der Waals surface area contributed by atoms with Crippen molar-refractivity contribution in [3.8, 4) is 0 Å². The Labute approximate surface area is 88.2 Å². The maximum atomic E-state index is 5.50. The lowest BCUT2D eigenvalue weighted by Gasteiger charge is -2.06. The van der Waals surface area contributed by atoms with Crippen molar-refractivity contribution < 1.29 is 0 Å². The smallest absolute Gasteiger partial charge is 0.227 e. The molecule has 0 spiro atoms. The number of nitrogens with two attached hydrogens (primary N) is 1. The van der Waals surface area contributed by atoms with Gasteiger partial charge in [-0.3, -0.25) is 0 Å². The molecule has 0 saturated carbocycles. The van der Waals surface area contributed by atoms with Gasteiger partial charge in [0.05, 0.1) is 18.1 Å². The molecule has 15 heavy (non-hydrogen) atoms. The molecule has 4 nitrogen and oxygen atoms in total. The molecule has 2 rings (SSSR count). The van der Waals surface area contributed by atoms with Crippen LogP contribution in [0.2, 0.25) is 0 Å². The molecule has 0 fully saturated rings. The first-order valence-corrected chi connectivity index (χ1v) is 4.66. The van der Waals surface area contributed by atoms with Crippen molar-refractivity contribution in [2.75, 3.05) is 11.1 Å². The topological polar surface area (TPSA) is 63.8 Å². The largest absolute Gasteiger partial charge is 0.396 e. The number of aryl methyl sites for hydroxylation is 1. The Hall–Kier alpha value is -2.10. The molecule has 1 aromatic heterocycles. The van der Waals surface area contributed by atoms with Crippen molar-refractivity contribution in [2.24, 2.45) is 0 Å². The van der Waals surface area contributed by atoms with E-state index in [1.807, 2.05) is 31.2 Å². The van der Waals surface area contributed by atoms with Crippen molar-refractivity contribution in [3.63, 3.8) is 0 Å². The molecule has 0 bridgehead atoms.